The maximum atomic E-state index is 14.1. The van der Waals surface area contributed by atoms with Gasteiger partial charge >= 0.3 is 6.18 Å². The van der Waals surface area contributed by atoms with Gasteiger partial charge < -0.3 is 4.84 Å². The number of aromatic nitrogens is 3. The summed E-state index contributed by atoms with van der Waals surface area (Å²) in [5, 5.41) is 19.0. The van der Waals surface area contributed by atoms with Gasteiger partial charge in [-0.3, -0.25) is 10.1 Å². The summed E-state index contributed by atoms with van der Waals surface area (Å²) >= 11 is 11.8. The van der Waals surface area contributed by atoms with Crippen LogP contribution in [0.15, 0.2) is 54.2 Å². The molecule has 0 saturated heterocycles. The van der Waals surface area contributed by atoms with E-state index in [1.807, 2.05) is 0 Å². The highest BCUT2D eigenvalue weighted by Crippen LogP contribution is 2.49. The minimum Gasteiger partial charge on any atom is -0.374 e. The third-order valence-corrected chi connectivity index (χ3v) is 5.12. The maximum Gasteiger partial charge on any atom is 0.435 e. The van der Waals surface area contributed by atoms with E-state index >= 15 is 0 Å². The number of hydrogen-bond acceptors (Lipinski definition) is 6. The van der Waals surface area contributed by atoms with Gasteiger partial charge in [0, 0.05) is 33.7 Å². The molecule has 1 unspecified atom stereocenters. The number of halogens is 5. The van der Waals surface area contributed by atoms with Crippen molar-refractivity contribution in [3.63, 3.8) is 0 Å². The molecule has 0 amide bonds. The molecule has 0 aliphatic carbocycles. The Morgan fingerprint density at radius 2 is 1.87 bits per heavy atom. The van der Waals surface area contributed by atoms with Gasteiger partial charge in [-0.05, 0) is 24.3 Å². The summed E-state index contributed by atoms with van der Waals surface area (Å²) in [6.07, 6.45) is -3.15. The lowest BCUT2D eigenvalue weighted by molar-refractivity contribution is -0.384. The van der Waals surface area contributed by atoms with Crippen LogP contribution < -0.4 is 0 Å². The van der Waals surface area contributed by atoms with Crippen molar-refractivity contribution in [3.8, 4) is 5.69 Å². The molecule has 31 heavy (non-hydrogen) atoms. The Morgan fingerprint density at radius 3 is 2.45 bits per heavy atom. The lowest BCUT2D eigenvalue weighted by atomic mass is 9.86. The number of hydrogen-bond donors (Lipinski definition) is 0. The summed E-state index contributed by atoms with van der Waals surface area (Å²) in [7, 11) is 0. The average molecular weight is 472 g/mol. The van der Waals surface area contributed by atoms with Crippen LogP contribution in [0.2, 0.25) is 10.0 Å². The maximum absolute atomic E-state index is 14.1. The molecule has 160 valence electrons. The van der Waals surface area contributed by atoms with Crippen molar-refractivity contribution in [1.29, 1.82) is 0 Å². The SMILES string of the molecule is O=[N+]([O-])c1cc(C2=NOC(c3cc(Cl)cc(Cl)c3)(C(F)(F)F)C2)ccc1-n1cncn1. The van der Waals surface area contributed by atoms with Crippen molar-refractivity contribution in [1.82, 2.24) is 14.8 Å². The molecule has 0 saturated carbocycles. The van der Waals surface area contributed by atoms with Crippen LogP contribution in [0.5, 0.6) is 0 Å². The van der Waals surface area contributed by atoms with E-state index < -0.39 is 23.1 Å². The number of nitrogens with zero attached hydrogens (tertiary/aromatic N) is 5. The molecule has 0 fully saturated rings. The fraction of sp³-hybridized carbons (Fsp3) is 0.167. The summed E-state index contributed by atoms with van der Waals surface area (Å²) in [6, 6.07) is 7.32. The number of oxime groups is 1. The minimum absolute atomic E-state index is 0.00371. The van der Waals surface area contributed by atoms with Gasteiger partial charge in [0.2, 0.25) is 0 Å². The van der Waals surface area contributed by atoms with Gasteiger partial charge in [-0.1, -0.05) is 34.4 Å². The zero-order chi connectivity index (χ0) is 22.4. The second-order valence-corrected chi connectivity index (χ2v) is 7.46. The molecule has 1 atom stereocenters. The highest BCUT2D eigenvalue weighted by molar-refractivity contribution is 6.34. The average Bonchev–Trinajstić information content (AvgIpc) is 3.37. The van der Waals surface area contributed by atoms with Crippen LogP contribution in [0.3, 0.4) is 0 Å². The van der Waals surface area contributed by atoms with Gasteiger partial charge in [0.25, 0.3) is 11.3 Å². The van der Waals surface area contributed by atoms with E-state index in [0.717, 1.165) is 18.2 Å². The van der Waals surface area contributed by atoms with E-state index in [1.54, 1.807) is 0 Å². The number of rotatable bonds is 4. The van der Waals surface area contributed by atoms with Gasteiger partial charge in [0.15, 0.2) is 0 Å². The van der Waals surface area contributed by atoms with Crippen molar-refractivity contribution in [3.05, 3.63) is 80.3 Å². The van der Waals surface area contributed by atoms with Crippen LogP contribution in [0.25, 0.3) is 5.69 Å². The van der Waals surface area contributed by atoms with Crippen molar-refractivity contribution in [2.24, 2.45) is 5.16 Å². The predicted molar refractivity (Wildman–Crippen MR) is 104 cm³/mol. The van der Waals surface area contributed by atoms with E-state index in [9.17, 15) is 23.3 Å². The number of alkyl halides is 3. The lowest BCUT2D eigenvalue weighted by Crippen LogP contribution is -2.42. The van der Waals surface area contributed by atoms with E-state index in [4.69, 9.17) is 28.0 Å². The smallest absolute Gasteiger partial charge is 0.374 e. The number of nitro groups is 1. The topological polar surface area (TPSA) is 95.4 Å². The van der Waals surface area contributed by atoms with Crippen LogP contribution in [0.4, 0.5) is 18.9 Å². The Morgan fingerprint density at radius 1 is 1.16 bits per heavy atom. The molecule has 4 rings (SSSR count). The van der Waals surface area contributed by atoms with Crippen LogP contribution in [-0.4, -0.2) is 31.6 Å². The van der Waals surface area contributed by atoms with Crippen LogP contribution in [-0.2, 0) is 10.4 Å². The highest BCUT2D eigenvalue weighted by atomic mass is 35.5. The summed E-state index contributed by atoms with van der Waals surface area (Å²) < 4.78 is 43.5. The second-order valence-electron chi connectivity index (χ2n) is 6.59. The number of nitro benzene ring substituents is 1. The lowest BCUT2D eigenvalue weighted by Gasteiger charge is -2.29. The Hall–Kier alpha value is -3.18. The molecule has 2 aromatic carbocycles. The standard InChI is InChI=1S/C18H10Cl2F3N5O3/c19-12-4-11(5-13(20)6-12)17(18(21,22)23)7-14(26-31-17)10-1-2-15(16(3-10)28(29)30)27-9-24-8-25-27/h1-6,8-9H,7H2. The van der Waals surface area contributed by atoms with Gasteiger partial charge in [-0.15, -0.1) is 0 Å². The van der Waals surface area contributed by atoms with E-state index in [-0.39, 0.29) is 38.3 Å². The molecule has 1 aliphatic heterocycles. The fourth-order valence-corrected chi connectivity index (χ4v) is 3.75. The first-order valence-corrected chi connectivity index (χ1v) is 9.28. The van der Waals surface area contributed by atoms with Crippen LogP contribution >= 0.6 is 23.2 Å². The first-order chi connectivity index (χ1) is 14.6. The molecule has 3 aromatic rings. The van der Waals surface area contributed by atoms with Gasteiger partial charge in [0.05, 0.1) is 10.6 Å². The molecule has 1 aliphatic rings. The predicted octanol–water partition coefficient (Wildman–Crippen LogP) is 5.06. The van der Waals surface area contributed by atoms with Crippen molar-refractivity contribution in [2.75, 3.05) is 0 Å². The summed E-state index contributed by atoms with van der Waals surface area (Å²) in [4.78, 5) is 19.5. The zero-order valence-electron chi connectivity index (χ0n) is 15.2. The molecule has 2 heterocycles. The summed E-state index contributed by atoms with van der Waals surface area (Å²) in [5.41, 5.74) is -3.49. The van der Waals surface area contributed by atoms with Crippen LogP contribution in [0.1, 0.15) is 17.5 Å². The van der Waals surface area contributed by atoms with Gasteiger partial charge in [0.1, 0.15) is 18.3 Å². The molecule has 0 spiro atoms. The highest BCUT2D eigenvalue weighted by Gasteiger charge is 2.62. The second kappa shape index (κ2) is 7.50. The van der Waals surface area contributed by atoms with Crippen molar-refractivity contribution >= 4 is 34.6 Å². The first kappa shape index (κ1) is 21.1. The van der Waals surface area contributed by atoms with Crippen molar-refractivity contribution in [2.45, 2.75) is 18.2 Å². The van der Waals surface area contributed by atoms with Gasteiger partial charge in [-0.25, -0.2) is 9.67 Å². The normalized spacial score (nSPS) is 18.5. The fourth-order valence-electron chi connectivity index (χ4n) is 3.22. The molecule has 13 heteroatoms. The quantitative estimate of drug-likeness (QED) is 0.391. The monoisotopic (exact) mass is 471 g/mol. The molecule has 1 aromatic heterocycles. The van der Waals surface area contributed by atoms with E-state index in [2.05, 4.69) is 15.2 Å². The van der Waals surface area contributed by atoms with E-state index in [1.165, 1.54) is 35.5 Å². The molecular weight excluding hydrogens is 462 g/mol. The van der Waals surface area contributed by atoms with Crippen molar-refractivity contribution < 1.29 is 22.9 Å². The summed E-state index contributed by atoms with van der Waals surface area (Å²) in [6.45, 7) is 0. The molecule has 0 bridgehead atoms. The van der Waals surface area contributed by atoms with E-state index in [0.29, 0.717) is 0 Å². The zero-order valence-corrected chi connectivity index (χ0v) is 16.7. The molecule has 8 nitrogen and oxygen atoms in total. The molecular formula is C18H10Cl2F3N5O3. The third-order valence-electron chi connectivity index (χ3n) is 4.69. The largest absolute Gasteiger partial charge is 0.435 e. The van der Waals surface area contributed by atoms with Crippen LogP contribution in [0, 0.1) is 10.1 Å². The van der Waals surface area contributed by atoms with Gasteiger partial charge in [-0.2, -0.15) is 18.3 Å². The minimum atomic E-state index is -4.88. The Kier molecular flexibility index (Phi) is 5.10. The third kappa shape index (κ3) is 3.70. The molecule has 0 N–H and O–H groups in total. The summed E-state index contributed by atoms with van der Waals surface area (Å²) in [5.74, 6) is 0. The Balaban J connectivity index is 1.76. The Bertz CT molecular complexity index is 1180. The first-order valence-electron chi connectivity index (χ1n) is 8.53. The molecule has 0 radical (unpaired) electrons. The number of benzene rings is 2. The Labute approximate surface area is 182 Å².